The number of carbonyl (C=O) groups excluding carboxylic acids is 1. The highest BCUT2D eigenvalue weighted by Crippen LogP contribution is 2.43. The molecule has 1 amide bonds. The smallest absolute Gasteiger partial charge is 0.263 e. The summed E-state index contributed by atoms with van der Waals surface area (Å²) < 4.78 is 55.8. The number of ether oxygens (including phenoxy) is 2. The molecule has 42 heavy (non-hydrogen) atoms. The zero-order valence-corrected chi connectivity index (χ0v) is 25.6. The van der Waals surface area contributed by atoms with Crippen molar-refractivity contribution < 1.29 is 27.6 Å². The number of methoxy groups -OCH3 is 1. The van der Waals surface area contributed by atoms with Gasteiger partial charge in [-0.25, -0.2) is 8.78 Å². The van der Waals surface area contributed by atoms with E-state index in [1.165, 1.54) is 42.7 Å². The van der Waals surface area contributed by atoms with Gasteiger partial charge in [-0.3, -0.25) is 4.79 Å². The molecule has 1 spiro atoms. The minimum Gasteiger partial charge on any atom is -0.598 e. The summed E-state index contributed by atoms with van der Waals surface area (Å²) in [5.74, 6) is -1.29. The zero-order valence-electron chi connectivity index (χ0n) is 24.0. The molecule has 2 aromatic carbocycles. The molecule has 222 valence electrons. The molecule has 2 fully saturated rings. The molecular weight excluding hydrogens is 580 g/mol. The fraction of sp³-hybridized carbons (Fsp3) is 0.419. The lowest BCUT2D eigenvalue weighted by Gasteiger charge is -2.42. The van der Waals surface area contributed by atoms with Crippen molar-refractivity contribution in [1.82, 2.24) is 9.62 Å². The first kappa shape index (κ1) is 30.4. The monoisotopic (exact) mass is 613 g/mol. The molecule has 5 rings (SSSR count). The van der Waals surface area contributed by atoms with Crippen molar-refractivity contribution in [3.63, 3.8) is 0 Å². The Morgan fingerprint density at radius 3 is 2.48 bits per heavy atom. The minimum absolute atomic E-state index is 0.0639. The Kier molecular flexibility index (Phi) is 8.65. The van der Waals surface area contributed by atoms with Crippen molar-refractivity contribution >= 4 is 28.6 Å². The molecule has 0 radical (unpaired) electrons. The van der Waals surface area contributed by atoms with Gasteiger partial charge in [0.05, 0.1) is 36.8 Å². The third kappa shape index (κ3) is 5.92. The Morgan fingerprint density at radius 1 is 1.17 bits per heavy atom. The van der Waals surface area contributed by atoms with E-state index in [0.29, 0.717) is 65.6 Å². The van der Waals surface area contributed by atoms with Gasteiger partial charge in [0.25, 0.3) is 5.91 Å². The number of hydrogen-bond acceptors (Lipinski definition) is 7. The Balaban J connectivity index is 1.41. The maximum Gasteiger partial charge on any atom is 0.263 e. The number of benzene rings is 2. The van der Waals surface area contributed by atoms with E-state index in [1.54, 1.807) is 23.1 Å². The number of hydrogen-bond donors (Lipinski definition) is 1. The summed E-state index contributed by atoms with van der Waals surface area (Å²) in [6.45, 7) is 7.82. The van der Waals surface area contributed by atoms with Gasteiger partial charge < -0.3 is 18.9 Å². The summed E-state index contributed by atoms with van der Waals surface area (Å²) >= 11 is -0.0152. The molecule has 0 saturated carbocycles. The number of rotatable bonds is 6. The molecule has 2 saturated heterocycles. The fourth-order valence-electron chi connectivity index (χ4n) is 5.43. The summed E-state index contributed by atoms with van der Waals surface area (Å²) in [4.78, 5) is 16.6. The van der Waals surface area contributed by atoms with Gasteiger partial charge in [0.1, 0.15) is 16.6 Å². The van der Waals surface area contributed by atoms with Gasteiger partial charge in [-0.15, -0.1) is 16.1 Å². The van der Waals surface area contributed by atoms with E-state index in [2.05, 4.69) is 4.72 Å². The maximum absolute atomic E-state index is 14.7. The van der Waals surface area contributed by atoms with Crippen LogP contribution in [0.5, 0.6) is 5.75 Å². The van der Waals surface area contributed by atoms with Crippen molar-refractivity contribution in [2.75, 3.05) is 33.4 Å². The van der Waals surface area contributed by atoms with Crippen LogP contribution in [-0.4, -0.2) is 59.6 Å². The molecule has 7 nitrogen and oxygen atoms in total. The lowest BCUT2D eigenvalue weighted by molar-refractivity contribution is 0.0507. The Labute approximate surface area is 251 Å². The molecule has 1 N–H and O–H groups in total. The van der Waals surface area contributed by atoms with E-state index in [1.807, 2.05) is 26.8 Å². The number of nitrogens with one attached hydrogen (secondary N) is 1. The summed E-state index contributed by atoms with van der Waals surface area (Å²) in [5, 5.41) is 9.17. The highest BCUT2D eigenvalue weighted by molar-refractivity contribution is 7.90. The number of piperidine rings is 1. The van der Waals surface area contributed by atoms with Crippen molar-refractivity contribution in [3.8, 4) is 33.4 Å². The number of halogens is 2. The molecule has 3 aromatic rings. The molecule has 2 aliphatic heterocycles. The van der Waals surface area contributed by atoms with Gasteiger partial charge in [-0.05, 0) is 81.1 Å². The Hall–Kier alpha value is -3.01. The second-order valence-corrected chi connectivity index (χ2v) is 14.8. The van der Waals surface area contributed by atoms with E-state index in [0.717, 1.165) is 0 Å². The van der Waals surface area contributed by atoms with Crippen LogP contribution in [0.15, 0.2) is 42.5 Å². The Bertz CT molecular complexity index is 1520. The van der Waals surface area contributed by atoms with Crippen LogP contribution in [0.25, 0.3) is 21.6 Å². The van der Waals surface area contributed by atoms with Crippen molar-refractivity contribution in [1.29, 1.82) is 5.26 Å². The van der Waals surface area contributed by atoms with Crippen LogP contribution in [-0.2, 0) is 16.1 Å². The Morgan fingerprint density at radius 2 is 1.86 bits per heavy atom. The quantitative estimate of drug-likeness (QED) is 0.347. The zero-order chi connectivity index (χ0) is 30.2. The van der Waals surface area contributed by atoms with E-state index in [4.69, 9.17) is 14.7 Å². The molecule has 2 atom stereocenters. The number of carbonyl (C=O) groups is 1. The summed E-state index contributed by atoms with van der Waals surface area (Å²) in [5.41, 5.74) is 1.29. The third-order valence-corrected chi connectivity index (χ3v) is 10.8. The number of thiophene rings is 1. The van der Waals surface area contributed by atoms with Gasteiger partial charge >= 0.3 is 0 Å². The van der Waals surface area contributed by atoms with Gasteiger partial charge in [0.2, 0.25) is 0 Å². The first-order valence-corrected chi connectivity index (χ1v) is 15.7. The van der Waals surface area contributed by atoms with Crippen LogP contribution in [0.3, 0.4) is 0 Å². The predicted octanol–water partition coefficient (Wildman–Crippen LogP) is 5.91. The predicted molar refractivity (Wildman–Crippen MR) is 160 cm³/mol. The molecule has 11 heteroatoms. The van der Waals surface area contributed by atoms with Crippen LogP contribution < -0.4 is 9.46 Å². The van der Waals surface area contributed by atoms with E-state index >= 15 is 0 Å². The number of nitriles is 1. The van der Waals surface area contributed by atoms with Gasteiger partial charge in [0.15, 0.2) is 11.6 Å². The van der Waals surface area contributed by atoms with Crippen LogP contribution in [0, 0.1) is 28.4 Å². The normalized spacial score (nSPS) is 19.1. The molecular formula is C31H33F2N3O4S2. The second kappa shape index (κ2) is 11.9. The lowest BCUT2D eigenvalue weighted by Crippen LogP contribution is -2.55. The number of amides is 1. The molecule has 0 bridgehead atoms. The van der Waals surface area contributed by atoms with E-state index in [9.17, 15) is 18.1 Å². The maximum atomic E-state index is 14.7. The first-order chi connectivity index (χ1) is 20.0. The van der Waals surface area contributed by atoms with Crippen molar-refractivity contribution in [3.05, 3.63) is 64.5 Å². The molecule has 3 heterocycles. The SMILES string of the molecule is COc1ccc(-c2sc(C(=O)N3CCC4(CC3)COCC4N[S+]([O-])C(C)(C)C)cc2-c2ccc(C#N)c(F)c2)cc1F. The lowest BCUT2D eigenvalue weighted by atomic mass is 9.75. The molecule has 1 aromatic heterocycles. The van der Waals surface area contributed by atoms with Crippen LogP contribution in [0.4, 0.5) is 8.78 Å². The van der Waals surface area contributed by atoms with Crippen molar-refractivity contribution in [2.24, 2.45) is 5.41 Å². The van der Waals surface area contributed by atoms with E-state index in [-0.39, 0.29) is 28.7 Å². The second-order valence-electron chi connectivity index (χ2n) is 11.7. The summed E-state index contributed by atoms with van der Waals surface area (Å²) in [7, 11) is 1.38. The van der Waals surface area contributed by atoms with Crippen molar-refractivity contribution in [2.45, 2.75) is 44.4 Å². The number of nitrogens with zero attached hydrogens (tertiary/aromatic N) is 2. The van der Waals surface area contributed by atoms with E-state index < -0.39 is 27.7 Å². The topological polar surface area (TPSA) is 97.7 Å². The van der Waals surface area contributed by atoms with Gasteiger partial charge in [-0.1, -0.05) is 6.07 Å². The largest absolute Gasteiger partial charge is 0.598 e. The van der Waals surface area contributed by atoms with Crippen LogP contribution in [0.1, 0.15) is 48.8 Å². The average Bonchev–Trinajstić information content (AvgIpc) is 3.57. The van der Waals surface area contributed by atoms with Gasteiger partial charge in [0, 0.05) is 40.3 Å². The fourth-order valence-corrected chi connectivity index (χ4v) is 7.51. The highest BCUT2D eigenvalue weighted by atomic mass is 32.2. The standard InChI is InChI=1S/C31H33F2N3O4S2/c1-30(2,3)42(38)35-27-17-40-18-31(27)9-11-36(12-10-31)29(37)26-15-22(19-5-6-21(16-34)23(32)13-19)28(41-26)20-7-8-25(39-4)24(33)14-20/h5-8,13-15,27,35H,9-12,17-18H2,1-4H3. The molecule has 2 unspecified atom stereocenters. The number of likely N-dealkylation sites (tertiary alicyclic amines) is 1. The third-order valence-electron chi connectivity index (χ3n) is 8.02. The average molecular weight is 614 g/mol. The highest BCUT2D eigenvalue weighted by Gasteiger charge is 2.49. The summed E-state index contributed by atoms with van der Waals surface area (Å²) in [6, 6.07) is 12.3. The van der Waals surface area contributed by atoms with Gasteiger partial charge in [-0.2, -0.15) is 5.26 Å². The summed E-state index contributed by atoms with van der Waals surface area (Å²) in [6.07, 6.45) is 1.40. The first-order valence-electron chi connectivity index (χ1n) is 13.7. The molecule has 2 aliphatic rings. The van der Waals surface area contributed by atoms with Crippen LogP contribution >= 0.6 is 11.3 Å². The minimum atomic E-state index is -1.23. The van der Waals surface area contributed by atoms with Crippen LogP contribution in [0.2, 0.25) is 0 Å². The molecule has 0 aliphatic carbocycles.